The maximum atomic E-state index is 9.64. The molecule has 0 aliphatic carbocycles. The molecule has 1 atom stereocenters. The maximum absolute atomic E-state index is 9.64. The summed E-state index contributed by atoms with van der Waals surface area (Å²) in [5.74, 6) is 0.880. The summed E-state index contributed by atoms with van der Waals surface area (Å²) in [4.78, 5) is 2.34. The minimum atomic E-state index is -0.445. The number of rotatable bonds is 4. The number of benzene rings is 1. The summed E-state index contributed by atoms with van der Waals surface area (Å²) in [6.07, 6.45) is -0.445. The van der Waals surface area contributed by atoms with Gasteiger partial charge in [0.2, 0.25) is 0 Å². The molecule has 4 nitrogen and oxygen atoms in total. The molecule has 18 heavy (non-hydrogen) atoms. The highest BCUT2D eigenvalue weighted by Gasteiger charge is 2.14. The Balaban J connectivity index is 2.15. The topological polar surface area (TPSA) is 41.9 Å². The monoisotopic (exact) mass is 251 g/mol. The van der Waals surface area contributed by atoms with Gasteiger partial charge in [-0.25, -0.2) is 0 Å². The van der Waals surface area contributed by atoms with E-state index in [4.69, 9.17) is 9.47 Å². The van der Waals surface area contributed by atoms with Crippen LogP contribution in [0.15, 0.2) is 18.2 Å². The molecule has 1 aliphatic heterocycles. The molecule has 1 heterocycles. The fraction of sp³-hybridized carbons (Fsp3) is 0.571. The average Bonchev–Trinajstić information content (AvgIpc) is 2.39. The van der Waals surface area contributed by atoms with E-state index in [2.05, 4.69) is 4.90 Å². The predicted molar refractivity (Wildman–Crippen MR) is 69.7 cm³/mol. The SMILES string of the molecule is COc1ccc(C(C)O)cc1CN1CCOCC1. The number of aliphatic hydroxyl groups is 1. The Morgan fingerprint density at radius 3 is 2.72 bits per heavy atom. The molecule has 1 N–H and O–H groups in total. The zero-order chi connectivity index (χ0) is 13.0. The van der Waals surface area contributed by atoms with E-state index in [1.54, 1.807) is 14.0 Å². The first-order chi connectivity index (χ1) is 8.70. The first-order valence-corrected chi connectivity index (χ1v) is 6.35. The highest BCUT2D eigenvalue weighted by atomic mass is 16.5. The van der Waals surface area contributed by atoms with Gasteiger partial charge >= 0.3 is 0 Å². The molecule has 2 rings (SSSR count). The summed E-state index contributed by atoms with van der Waals surface area (Å²) in [6.45, 7) is 6.09. The predicted octanol–water partition coefficient (Wildman–Crippen LogP) is 1.58. The molecule has 0 aromatic heterocycles. The van der Waals surface area contributed by atoms with Crippen molar-refractivity contribution in [3.8, 4) is 5.75 Å². The lowest BCUT2D eigenvalue weighted by molar-refractivity contribution is 0.0338. The van der Waals surface area contributed by atoms with E-state index in [1.807, 2.05) is 18.2 Å². The molecule has 1 aromatic carbocycles. The van der Waals surface area contributed by atoms with E-state index in [0.29, 0.717) is 0 Å². The van der Waals surface area contributed by atoms with Gasteiger partial charge < -0.3 is 14.6 Å². The Hall–Kier alpha value is -1.10. The largest absolute Gasteiger partial charge is 0.496 e. The number of morpholine rings is 1. The zero-order valence-electron chi connectivity index (χ0n) is 11.1. The van der Waals surface area contributed by atoms with Gasteiger partial charge in [-0.05, 0) is 24.6 Å². The van der Waals surface area contributed by atoms with Gasteiger partial charge in [-0.2, -0.15) is 0 Å². The summed E-state index contributed by atoms with van der Waals surface area (Å²) in [5, 5.41) is 9.64. The second-order valence-electron chi connectivity index (χ2n) is 4.64. The molecule has 0 spiro atoms. The molecule has 0 bridgehead atoms. The van der Waals surface area contributed by atoms with Crippen LogP contribution in [0, 0.1) is 0 Å². The Morgan fingerprint density at radius 1 is 1.39 bits per heavy atom. The highest BCUT2D eigenvalue weighted by Crippen LogP contribution is 2.24. The molecule has 1 unspecified atom stereocenters. The van der Waals surface area contributed by atoms with Crippen LogP contribution in [0.1, 0.15) is 24.2 Å². The van der Waals surface area contributed by atoms with E-state index >= 15 is 0 Å². The lowest BCUT2D eigenvalue weighted by Crippen LogP contribution is -2.35. The van der Waals surface area contributed by atoms with E-state index in [1.165, 1.54) is 0 Å². The third-order valence-corrected chi connectivity index (χ3v) is 3.28. The second kappa shape index (κ2) is 6.18. The first kappa shape index (κ1) is 13.3. The third kappa shape index (κ3) is 3.22. The van der Waals surface area contributed by atoms with Crippen molar-refractivity contribution in [2.24, 2.45) is 0 Å². The smallest absolute Gasteiger partial charge is 0.123 e. The van der Waals surface area contributed by atoms with Crippen LogP contribution in [0.2, 0.25) is 0 Å². The van der Waals surface area contributed by atoms with Gasteiger partial charge in [0, 0.05) is 25.2 Å². The normalized spacial score (nSPS) is 18.6. The summed E-state index contributed by atoms with van der Waals surface area (Å²) >= 11 is 0. The Kier molecular flexibility index (Phi) is 4.58. The quantitative estimate of drug-likeness (QED) is 0.882. The fourth-order valence-electron chi connectivity index (χ4n) is 2.18. The average molecular weight is 251 g/mol. The van der Waals surface area contributed by atoms with Crippen molar-refractivity contribution in [1.82, 2.24) is 4.90 Å². The Labute approximate surface area is 108 Å². The van der Waals surface area contributed by atoms with Gasteiger partial charge in [0.05, 0.1) is 26.4 Å². The van der Waals surface area contributed by atoms with Gasteiger partial charge in [0.15, 0.2) is 0 Å². The van der Waals surface area contributed by atoms with Crippen molar-refractivity contribution in [1.29, 1.82) is 0 Å². The lowest BCUT2D eigenvalue weighted by atomic mass is 10.1. The molecule has 4 heteroatoms. The summed E-state index contributed by atoms with van der Waals surface area (Å²) < 4.78 is 10.7. The van der Waals surface area contributed by atoms with Crippen molar-refractivity contribution in [2.45, 2.75) is 19.6 Å². The number of aliphatic hydroxyl groups excluding tert-OH is 1. The van der Waals surface area contributed by atoms with Crippen LogP contribution in [-0.2, 0) is 11.3 Å². The maximum Gasteiger partial charge on any atom is 0.123 e. The van der Waals surface area contributed by atoms with Crippen LogP contribution < -0.4 is 4.74 Å². The number of methoxy groups -OCH3 is 1. The molecule has 0 saturated carbocycles. The van der Waals surface area contributed by atoms with Crippen molar-refractivity contribution in [3.05, 3.63) is 29.3 Å². The fourth-order valence-corrected chi connectivity index (χ4v) is 2.18. The molecule has 0 radical (unpaired) electrons. The van der Waals surface area contributed by atoms with Gasteiger partial charge in [-0.1, -0.05) is 6.07 Å². The minimum absolute atomic E-state index is 0.445. The molecule has 0 amide bonds. The van der Waals surface area contributed by atoms with Crippen LogP contribution in [0.25, 0.3) is 0 Å². The van der Waals surface area contributed by atoms with Crippen LogP contribution in [0.3, 0.4) is 0 Å². The van der Waals surface area contributed by atoms with Crippen molar-refractivity contribution < 1.29 is 14.6 Å². The molecule has 1 aliphatic rings. The zero-order valence-corrected chi connectivity index (χ0v) is 11.1. The molecular formula is C14H21NO3. The standard InChI is InChI=1S/C14H21NO3/c1-11(16)12-3-4-14(17-2)13(9-12)10-15-5-7-18-8-6-15/h3-4,9,11,16H,5-8,10H2,1-2H3. The number of nitrogens with zero attached hydrogens (tertiary/aromatic N) is 1. The van der Waals surface area contributed by atoms with Gasteiger partial charge in [-0.15, -0.1) is 0 Å². The van der Waals surface area contributed by atoms with Crippen molar-refractivity contribution in [3.63, 3.8) is 0 Å². The highest BCUT2D eigenvalue weighted by molar-refractivity contribution is 5.38. The van der Waals surface area contributed by atoms with Gasteiger partial charge in [0.25, 0.3) is 0 Å². The summed E-state index contributed by atoms with van der Waals surface area (Å²) in [7, 11) is 1.68. The van der Waals surface area contributed by atoms with Crippen molar-refractivity contribution in [2.75, 3.05) is 33.4 Å². The first-order valence-electron chi connectivity index (χ1n) is 6.35. The van der Waals surface area contributed by atoms with E-state index in [-0.39, 0.29) is 0 Å². The van der Waals surface area contributed by atoms with Crippen molar-refractivity contribution >= 4 is 0 Å². The number of ether oxygens (including phenoxy) is 2. The second-order valence-corrected chi connectivity index (χ2v) is 4.64. The summed E-state index contributed by atoms with van der Waals surface area (Å²) in [6, 6.07) is 5.86. The lowest BCUT2D eigenvalue weighted by Gasteiger charge is -2.27. The Morgan fingerprint density at radius 2 is 2.11 bits per heavy atom. The van der Waals surface area contributed by atoms with Crippen LogP contribution >= 0.6 is 0 Å². The van der Waals surface area contributed by atoms with Crippen LogP contribution in [-0.4, -0.2) is 43.4 Å². The number of hydrogen-bond donors (Lipinski definition) is 1. The molecular weight excluding hydrogens is 230 g/mol. The minimum Gasteiger partial charge on any atom is -0.496 e. The van der Waals surface area contributed by atoms with E-state index in [0.717, 1.165) is 49.7 Å². The van der Waals surface area contributed by atoms with E-state index in [9.17, 15) is 5.11 Å². The summed E-state index contributed by atoms with van der Waals surface area (Å²) in [5.41, 5.74) is 2.05. The molecule has 1 fully saturated rings. The Bertz CT molecular complexity index is 387. The molecule has 100 valence electrons. The molecule has 1 aromatic rings. The van der Waals surface area contributed by atoms with E-state index < -0.39 is 6.10 Å². The molecule has 1 saturated heterocycles. The number of hydrogen-bond acceptors (Lipinski definition) is 4. The van der Waals surface area contributed by atoms with Crippen LogP contribution in [0.4, 0.5) is 0 Å². The van der Waals surface area contributed by atoms with Crippen LogP contribution in [0.5, 0.6) is 5.75 Å². The third-order valence-electron chi connectivity index (χ3n) is 3.28. The van der Waals surface area contributed by atoms with Gasteiger partial charge in [-0.3, -0.25) is 4.90 Å². The van der Waals surface area contributed by atoms with Gasteiger partial charge in [0.1, 0.15) is 5.75 Å².